The van der Waals surface area contributed by atoms with E-state index in [1.807, 2.05) is 67.6 Å². The van der Waals surface area contributed by atoms with Crippen LogP contribution >= 0.6 is 0 Å². The van der Waals surface area contributed by atoms with Crippen LogP contribution in [0.2, 0.25) is 0 Å². The quantitative estimate of drug-likeness (QED) is 0.218. The molecule has 156 valence electrons. The highest BCUT2D eigenvalue weighted by Crippen LogP contribution is 2.19. The van der Waals surface area contributed by atoms with Crippen molar-refractivity contribution in [3.05, 3.63) is 82.9 Å². The minimum absolute atomic E-state index is 0.340. The summed E-state index contributed by atoms with van der Waals surface area (Å²) in [6.45, 7) is 4.59. The van der Waals surface area contributed by atoms with Crippen LogP contribution in [0.5, 0.6) is 0 Å². The smallest absolute Gasteiger partial charge is 0.330 e. The first-order chi connectivity index (χ1) is 14.6. The van der Waals surface area contributed by atoms with Gasteiger partial charge in [0.05, 0.1) is 13.2 Å². The second-order valence-corrected chi connectivity index (χ2v) is 6.57. The van der Waals surface area contributed by atoms with Crippen molar-refractivity contribution in [2.75, 3.05) is 13.2 Å². The first-order valence-corrected chi connectivity index (χ1v) is 10.2. The summed E-state index contributed by atoms with van der Waals surface area (Å²) in [5.41, 5.74) is 3.72. The SMILES string of the molecule is CCCCOC(=O)/C=C/c1ccc(/C=C/C(=O)OCC)cc1/C=C/c1ccccc1. The molecule has 0 radical (unpaired) electrons. The third kappa shape index (κ3) is 8.31. The van der Waals surface area contributed by atoms with E-state index >= 15 is 0 Å². The molecule has 0 N–H and O–H groups in total. The number of esters is 2. The zero-order valence-electron chi connectivity index (χ0n) is 17.5. The molecule has 4 nitrogen and oxygen atoms in total. The van der Waals surface area contributed by atoms with E-state index in [0.717, 1.165) is 35.1 Å². The van der Waals surface area contributed by atoms with Crippen molar-refractivity contribution in [1.29, 1.82) is 0 Å². The number of carbonyl (C=O) groups is 2. The number of hydrogen-bond donors (Lipinski definition) is 0. The highest BCUT2D eigenvalue weighted by Gasteiger charge is 2.02. The number of hydrogen-bond acceptors (Lipinski definition) is 4. The van der Waals surface area contributed by atoms with Gasteiger partial charge in [-0.1, -0.05) is 68.0 Å². The lowest BCUT2D eigenvalue weighted by atomic mass is 10.0. The Bertz CT molecular complexity index is 908. The van der Waals surface area contributed by atoms with Crippen molar-refractivity contribution < 1.29 is 19.1 Å². The molecule has 30 heavy (non-hydrogen) atoms. The molecule has 2 aromatic carbocycles. The average Bonchev–Trinajstić information content (AvgIpc) is 2.76. The zero-order chi connectivity index (χ0) is 21.6. The molecule has 0 aliphatic rings. The van der Waals surface area contributed by atoms with Crippen molar-refractivity contribution in [2.45, 2.75) is 26.7 Å². The Balaban J connectivity index is 2.25. The molecule has 2 rings (SSSR count). The predicted molar refractivity (Wildman–Crippen MR) is 122 cm³/mol. The molecule has 0 spiro atoms. The van der Waals surface area contributed by atoms with Crippen LogP contribution in [-0.2, 0) is 19.1 Å². The molecule has 2 aromatic rings. The van der Waals surface area contributed by atoms with Gasteiger partial charge >= 0.3 is 11.9 Å². The maximum absolute atomic E-state index is 11.9. The summed E-state index contributed by atoms with van der Waals surface area (Å²) in [4.78, 5) is 23.5. The lowest BCUT2D eigenvalue weighted by Crippen LogP contribution is -2.01. The van der Waals surface area contributed by atoms with Gasteiger partial charge in [0, 0.05) is 12.2 Å². The lowest BCUT2D eigenvalue weighted by molar-refractivity contribution is -0.138. The molecule has 0 atom stereocenters. The monoisotopic (exact) mass is 404 g/mol. The van der Waals surface area contributed by atoms with E-state index in [2.05, 4.69) is 0 Å². The van der Waals surface area contributed by atoms with E-state index in [1.54, 1.807) is 19.1 Å². The van der Waals surface area contributed by atoms with Gasteiger partial charge in [-0.15, -0.1) is 0 Å². The maximum atomic E-state index is 11.9. The molecule has 0 fully saturated rings. The maximum Gasteiger partial charge on any atom is 0.330 e. The van der Waals surface area contributed by atoms with Crippen LogP contribution in [0.4, 0.5) is 0 Å². The van der Waals surface area contributed by atoms with Gasteiger partial charge in [0.2, 0.25) is 0 Å². The summed E-state index contributed by atoms with van der Waals surface area (Å²) in [6, 6.07) is 15.7. The Kier molecular flexibility index (Phi) is 9.87. The number of benzene rings is 2. The minimum atomic E-state index is -0.377. The van der Waals surface area contributed by atoms with Crippen LogP contribution in [0.25, 0.3) is 24.3 Å². The summed E-state index contributed by atoms with van der Waals surface area (Å²) < 4.78 is 10.1. The summed E-state index contributed by atoms with van der Waals surface area (Å²) in [6.07, 6.45) is 12.1. The van der Waals surface area contributed by atoms with Crippen molar-refractivity contribution >= 4 is 36.2 Å². The molecule has 0 amide bonds. The molecule has 0 heterocycles. The van der Waals surface area contributed by atoms with Crippen LogP contribution in [-0.4, -0.2) is 25.2 Å². The standard InChI is InChI=1S/C26H28O4/c1-3-5-19-30-26(28)18-16-23-14-12-22(13-17-25(27)29-4-2)20-24(23)15-11-21-9-7-6-8-10-21/h6-18,20H,3-5,19H2,1-2H3/b15-11+,17-13+,18-16+. The van der Waals surface area contributed by atoms with Crippen LogP contribution in [0.1, 0.15) is 48.9 Å². The van der Waals surface area contributed by atoms with Gasteiger partial charge in [-0.2, -0.15) is 0 Å². The molecule has 0 unspecified atom stereocenters. The summed E-state index contributed by atoms with van der Waals surface area (Å²) in [5, 5.41) is 0. The second kappa shape index (κ2) is 12.9. The zero-order valence-corrected chi connectivity index (χ0v) is 17.5. The Hall–Kier alpha value is -3.40. The highest BCUT2D eigenvalue weighted by atomic mass is 16.5. The second-order valence-electron chi connectivity index (χ2n) is 6.57. The lowest BCUT2D eigenvalue weighted by Gasteiger charge is -2.05. The fourth-order valence-electron chi connectivity index (χ4n) is 2.62. The largest absolute Gasteiger partial charge is 0.463 e. The van der Waals surface area contributed by atoms with E-state index in [9.17, 15) is 9.59 Å². The molecule has 0 aliphatic heterocycles. The number of unbranched alkanes of at least 4 members (excludes halogenated alkanes) is 1. The fraction of sp³-hybridized carbons (Fsp3) is 0.231. The van der Waals surface area contributed by atoms with Gasteiger partial charge < -0.3 is 9.47 Å². The molecule has 0 aliphatic carbocycles. The predicted octanol–water partition coefficient (Wildman–Crippen LogP) is 5.79. The number of carbonyl (C=O) groups excluding carboxylic acids is 2. The van der Waals surface area contributed by atoms with Gasteiger partial charge in [0.1, 0.15) is 0 Å². The minimum Gasteiger partial charge on any atom is -0.463 e. The van der Waals surface area contributed by atoms with Crippen LogP contribution in [0, 0.1) is 0 Å². The van der Waals surface area contributed by atoms with Gasteiger partial charge in [-0.25, -0.2) is 9.59 Å². The van der Waals surface area contributed by atoms with Gasteiger partial charge in [0.15, 0.2) is 0 Å². The molecular formula is C26H28O4. The van der Waals surface area contributed by atoms with Gasteiger partial charge in [-0.05, 0) is 53.8 Å². The first-order valence-electron chi connectivity index (χ1n) is 10.2. The molecule has 0 saturated carbocycles. The molecule has 0 aromatic heterocycles. The Morgan fingerprint density at radius 1 is 0.767 bits per heavy atom. The van der Waals surface area contributed by atoms with Crippen LogP contribution < -0.4 is 0 Å². The third-order valence-electron chi connectivity index (χ3n) is 4.21. The van der Waals surface area contributed by atoms with E-state index < -0.39 is 0 Å². The average molecular weight is 405 g/mol. The first kappa shape index (κ1) is 22.9. The number of ether oxygens (including phenoxy) is 2. The van der Waals surface area contributed by atoms with Crippen LogP contribution in [0.3, 0.4) is 0 Å². The van der Waals surface area contributed by atoms with Gasteiger partial charge in [-0.3, -0.25) is 0 Å². The summed E-state index contributed by atoms with van der Waals surface area (Å²) in [7, 11) is 0. The fourth-order valence-corrected chi connectivity index (χ4v) is 2.62. The molecular weight excluding hydrogens is 376 g/mol. The topological polar surface area (TPSA) is 52.6 Å². The van der Waals surface area contributed by atoms with Crippen molar-refractivity contribution in [3.8, 4) is 0 Å². The van der Waals surface area contributed by atoms with Crippen molar-refractivity contribution in [3.63, 3.8) is 0 Å². The molecule has 4 heteroatoms. The third-order valence-corrected chi connectivity index (χ3v) is 4.21. The Labute approximate surface area is 178 Å². The van der Waals surface area contributed by atoms with Gasteiger partial charge in [0.25, 0.3) is 0 Å². The summed E-state index contributed by atoms with van der Waals surface area (Å²) >= 11 is 0. The normalized spacial score (nSPS) is 11.4. The van der Waals surface area contributed by atoms with E-state index in [1.165, 1.54) is 12.2 Å². The van der Waals surface area contributed by atoms with E-state index in [0.29, 0.717) is 13.2 Å². The van der Waals surface area contributed by atoms with Crippen LogP contribution in [0.15, 0.2) is 60.7 Å². The van der Waals surface area contributed by atoms with Crippen molar-refractivity contribution in [2.24, 2.45) is 0 Å². The highest BCUT2D eigenvalue weighted by molar-refractivity contribution is 5.89. The summed E-state index contributed by atoms with van der Waals surface area (Å²) in [5.74, 6) is -0.731. The molecule has 0 saturated heterocycles. The molecule has 0 bridgehead atoms. The van der Waals surface area contributed by atoms with E-state index in [-0.39, 0.29) is 11.9 Å². The van der Waals surface area contributed by atoms with E-state index in [4.69, 9.17) is 9.47 Å². The Morgan fingerprint density at radius 2 is 1.50 bits per heavy atom. The Morgan fingerprint density at radius 3 is 2.23 bits per heavy atom. The van der Waals surface area contributed by atoms with Crippen molar-refractivity contribution in [1.82, 2.24) is 0 Å². The number of rotatable bonds is 10.